The molecule has 1 aliphatic carbocycles. The van der Waals surface area contributed by atoms with Gasteiger partial charge in [0.25, 0.3) is 0 Å². The highest BCUT2D eigenvalue weighted by Crippen LogP contribution is 2.52. The maximum absolute atomic E-state index is 10.6. The molecule has 1 heterocycles. The maximum atomic E-state index is 10.6. The lowest BCUT2D eigenvalue weighted by molar-refractivity contribution is 0.168. The third-order valence-corrected chi connectivity index (χ3v) is 3.60. The van der Waals surface area contributed by atoms with Crippen LogP contribution in [0.1, 0.15) is 24.8 Å². The average molecular weight is 252 g/mol. The van der Waals surface area contributed by atoms with Crippen LogP contribution in [0.15, 0.2) is 17.1 Å². The fourth-order valence-electron chi connectivity index (χ4n) is 2.36. The van der Waals surface area contributed by atoms with Crippen LogP contribution in [0.25, 0.3) is 0 Å². The highest BCUT2D eigenvalue weighted by molar-refractivity contribution is 6.30. The SMILES string of the molecule is O=C=NC1(c2cc(Cl)cc3c2OCO3)CCC1. The zero-order valence-electron chi connectivity index (χ0n) is 9.03. The summed E-state index contributed by atoms with van der Waals surface area (Å²) in [7, 11) is 0. The highest BCUT2D eigenvalue weighted by atomic mass is 35.5. The fourth-order valence-corrected chi connectivity index (χ4v) is 2.57. The quantitative estimate of drug-likeness (QED) is 0.600. The Balaban J connectivity index is 2.17. The van der Waals surface area contributed by atoms with Gasteiger partial charge in [-0.25, -0.2) is 4.79 Å². The normalized spacial score (nSPS) is 19.4. The Morgan fingerprint density at radius 3 is 2.82 bits per heavy atom. The van der Waals surface area contributed by atoms with Crippen molar-refractivity contribution in [2.24, 2.45) is 4.99 Å². The Bertz CT molecular complexity index is 519. The van der Waals surface area contributed by atoms with Crippen molar-refractivity contribution in [1.82, 2.24) is 0 Å². The largest absolute Gasteiger partial charge is 0.454 e. The van der Waals surface area contributed by atoms with Crippen molar-refractivity contribution in [3.63, 3.8) is 0 Å². The number of isocyanates is 1. The van der Waals surface area contributed by atoms with Crippen molar-refractivity contribution in [2.75, 3.05) is 6.79 Å². The molecule has 0 amide bonds. The lowest BCUT2D eigenvalue weighted by Crippen LogP contribution is -2.32. The Morgan fingerprint density at radius 1 is 1.35 bits per heavy atom. The topological polar surface area (TPSA) is 47.9 Å². The summed E-state index contributed by atoms with van der Waals surface area (Å²) in [6.07, 6.45) is 4.33. The minimum Gasteiger partial charge on any atom is -0.454 e. The smallest absolute Gasteiger partial charge is 0.235 e. The van der Waals surface area contributed by atoms with E-state index in [4.69, 9.17) is 21.1 Å². The molecule has 0 bridgehead atoms. The number of nitrogens with zero attached hydrogens (tertiary/aromatic N) is 1. The van der Waals surface area contributed by atoms with Crippen LogP contribution in [-0.2, 0) is 10.3 Å². The third kappa shape index (κ3) is 1.53. The van der Waals surface area contributed by atoms with Crippen molar-refractivity contribution in [3.05, 3.63) is 22.7 Å². The molecule has 1 aromatic rings. The Labute approximate surface area is 103 Å². The number of halogens is 1. The van der Waals surface area contributed by atoms with Crippen molar-refractivity contribution in [3.8, 4) is 11.5 Å². The minimum absolute atomic E-state index is 0.184. The van der Waals surface area contributed by atoms with Gasteiger partial charge in [0.1, 0.15) is 5.54 Å². The van der Waals surface area contributed by atoms with Gasteiger partial charge in [0.05, 0.1) is 0 Å². The first-order valence-electron chi connectivity index (χ1n) is 5.44. The molecule has 1 aromatic carbocycles. The number of hydrogen-bond donors (Lipinski definition) is 0. The number of carbonyl (C=O) groups excluding carboxylic acids is 1. The number of benzene rings is 1. The van der Waals surface area contributed by atoms with Gasteiger partial charge in [0.2, 0.25) is 12.9 Å². The van der Waals surface area contributed by atoms with E-state index in [0.717, 1.165) is 24.8 Å². The molecule has 0 spiro atoms. The summed E-state index contributed by atoms with van der Waals surface area (Å²) in [5.41, 5.74) is 0.330. The van der Waals surface area contributed by atoms with Crippen LogP contribution in [0.4, 0.5) is 0 Å². The summed E-state index contributed by atoms with van der Waals surface area (Å²) in [4.78, 5) is 14.5. The van der Waals surface area contributed by atoms with Crippen LogP contribution >= 0.6 is 11.6 Å². The molecule has 88 valence electrons. The molecule has 0 radical (unpaired) electrons. The van der Waals surface area contributed by atoms with Gasteiger partial charge in [-0.15, -0.1) is 0 Å². The number of ether oxygens (including phenoxy) is 2. The van der Waals surface area contributed by atoms with E-state index >= 15 is 0 Å². The van der Waals surface area contributed by atoms with Crippen molar-refractivity contribution in [1.29, 1.82) is 0 Å². The molecule has 5 heteroatoms. The molecule has 0 saturated heterocycles. The number of hydrogen-bond acceptors (Lipinski definition) is 4. The second kappa shape index (κ2) is 3.76. The van der Waals surface area contributed by atoms with Crippen molar-refractivity contribution >= 4 is 17.7 Å². The van der Waals surface area contributed by atoms with E-state index in [2.05, 4.69) is 4.99 Å². The molecule has 0 unspecified atom stereocenters. The van der Waals surface area contributed by atoms with E-state index in [9.17, 15) is 4.79 Å². The molecule has 3 rings (SSSR count). The lowest BCUT2D eigenvalue weighted by atomic mass is 9.72. The molecular formula is C12H10ClNO3. The van der Waals surface area contributed by atoms with E-state index in [1.807, 2.05) is 0 Å². The molecular weight excluding hydrogens is 242 g/mol. The van der Waals surface area contributed by atoms with E-state index < -0.39 is 5.54 Å². The third-order valence-electron chi connectivity index (χ3n) is 3.38. The molecule has 1 saturated carbocycles. The second-order valence-electron chi connectivity index (χ2n) is 4.28. The van der Waals surface area contributed by atoms with Crippen molar-refractivity contribution in [2.45, 2.75) is 24.8 Å². The van der Waals surface area contributed by atoms with Gasteiger partial charge in [-0.05, 0) is 25.3 Å². The van der Waals surface area contributed by atoms with Crippen LogP contribution in [0.3, 0.4) is 0 Å². The number of fused-ring (bicyclic) bond motifs is 1. The van der Waals surface area contributed by atoms with Gasteiger partial charge in [-0.2, -0.15) is 4.99 Å². The Morgan fingerprint density at radius 2 is 2.18 bits per heavy atom. The molecule has 0 atom stereocenters. The first-order valence-corrected chi connectivity index (χ1v) is 5.82. The first kappa shape index (κ1) is 10.6. The molecule has 2 aliphatic rings. The summed E-state index contributed by atoms with van der Waals surface area (Å²) >= 11 is 6.04. The first-order chi connectivity index (χ1) is 8.25. The Hall–Kier alpha value is -1.51. The van der Waals surface area contributed by atoms with Crippen LogP contribution in [-0.4, -0.2) is 12.9 Å². The van der Waals surface area contributed by atoms with Gasteiger partial charge in [0, 0.05) is 16.7 Å². The molecule has 17 heavy (non-hydrogen) atoms. The van der Waals surface area contributed by atoms with Crippen molar-refractivity contribution < 1.29 is 14.3 Å². The predicted octanol–water partition coefficient (Wildman–Crippen LogP) is 2.78. The molecule has 1 fully saturated rings. The summed E-state index contributed by atoms with van der Waals surface area (Å²) in [5, 5.41) is 0.566. The molecule has 4 nitrogen and oxygen atoms in total. The predicted molar refractivity (Wildman–Crippen MR) is 61.2 cm³/mol. The molecule has 0 N–H and O–H groups in total. The summed E-state index contributed by atoms with van der Waals surface area (Å²) in [6, 6.07) is 3.51. The van der Waals surface area contributed by atoms with Gasteiger partial charge < -0.3 is 9.47 Å². The van der Waals surface area contributed by atoms with Crippen LogP contribution in [0.2, 0.25) is 5.02 Å². The van der Waals surface area contributed by atoms with Gasteiger partial charge in [-0.1, -0.05) is 11.6 Å². The van der Waals surface area contributed by atoms with Gasteiger partial charge in [0.15, 0.2) is 11.5 Å². The van der Waals surface area contributed by atoms with E-state index in [1.54, 1.807) is 18.2 Å². The highest BCUT2D eigenvalue weighted by Gasteiger charge is 2.43. The van der Waals surface area contributed by atoms with Gasteiger partial charge in [-0.3, -0.25) is 0 Å². The fraction of sp³-hybridized carbons (Fsp3) is 0.417. The minimum atomic E-state index is -0.509. The van der Waals surface area contributed by atoms with Crippen LogP contribution in [0, 0.1) is 0 Å². The average Bonchev–Trinajstić information content (AvgIpc) is 2.70. The van der Waals surface area contributed by atoms with Gasteiger partial charge >= 0.3 is 0 Å². The standard InChI is InChI=1S/C12H10ClNO3/c13-8-4-9(11-10(5-8)16-7-17-11)12(14-6-15)2-1-3-12/h4-5H,1-3,7H2. The summed E-state index contributed by atoms with van der Waals surface area (Å²) < 4.78 is 10.8. The lowest BCUT2D eigenvalue weighted by Gasteiger charge is -2.37. The zero-order valence-corrected chi connectivity index (χ0v) is 9.79. The summed E-state index contributed by atoms with van der Waals surface area (Å²) in [6.45, 7) is 0.184. The zero-order chi connectivity index (χ0) is 11.9. The number of rotatable bonds is 2. The maximum Gasteiger partial charge on any atom is 0.235 e. The van der Waals surface area contributed by atoms with E-state index in [1.165, 1.54) is 0 Å². The molecule has 1 aliphatic heterocycles. The van der Waals surface area contributed by atoms with Crippen LogP contribution < -0.4 is 9.47 Å². The van der Waals surface area contributed by atoms with E-state index in [-0.39, 0.29) is 6.79 Å². The monoisotopic (exact) mass is 251 g/mol. The van der Waals surface area contributed by atoms with Crippen LogP contribution in [0.5, 0.6) is 11.5 Å². The summed E-state index contributed by atoms with van der Waals surface area (Å²) in [5.74, 6) is 1.29. The number of aliphatic imine (C=N–C) groups is 1. The Kier molecular flexibility index (Phi) is 2.35. The second-order valence-corrected chi connectivity index (χ2v) is 4.71. The molecule has 0 aromatic heterocycles. The van der Waals surface area contributed by atoms with E-state index in [0.29, 0.717) is 16.5 Å².